The lowest BCUT2D eigenvalue weighted by atomic mass is 9.87. The summed E-state index contributed by atoms with van der Waals surface area (Å²) in [5.74, 6) is 0.719. The first-order valence-corrected chi connectivity index (χ1v) is 7.42. The predicted octanol–water partition coefficient (Wildman–Crippen LogP) is 1.61. The van der Waals surface area contributed by atoms with Crippen LogP contribution in [0.2, 0.25) is 0 Å². The van der Waals surface area contributed by atoms with E-state index in [0.29, 0.717) is 0 Å². The maximum Gasteiger partial charge on any atom is 0.246 e. The Morgan fingerprint density at radius 3 is 2.53 bits per heavy atom. The van der Waals surface area contributed by atoms with E-state index in [-0.39, 0.29) is 10.9 Å². The van der Waals surface area contributed by atoms with E-state index in [1.165, 1.54) is 16.7 Å². The number of aromatic nitrogens is 2. The van der Waals surface area contributed by atoms with E-state index in [1.54, 1.807) is 7.05 Å². The molecule has 6 heteroatoms. The van der Waals surface area contributed by atoms with Gasteiger partial charge in [0.05, 0.1) is 6.20 Å². The van der Waals surface area contributed by atoms with Gasteiger partial charge in [0.2, 0.25) is 10.0 Å². The van der Waals surface area contributed by atoms with Crippen molar-refractivity contribution in [1.82, 2.24) is 14.5 Å². The van der Waals surface area contributed by atoms with E-state index in [9.17, 15) is 8.42 Å². The topological polar surface area (TPSA) is 66.1 Å². The Morgan fingerprint density at radius 1 is 1.35 bits per heavy atom. The molecular formula is C11H19N3O2S. The molecule has 0 spiro atoms. The van der Waals surface area contributed by atoms with Crippen molar-refractivity contribution in [3.63, 3.8) is 0 Å². The molecule has 0 unspecified atom stereocenters. The van der Waals surface area contributed by atoms with Crippen LogP contribution in [0, 0.1) is 5.92 Å². The molecule has 1 aliphatic carbocycles. The van der Waals surface area contributed by atoms with Gasteiger partial charge in [0.15, 0.2) is 0 Å². The van der Waals surface area contributed by atoms with Crippen LogP contribution in [0.1, 0.15) is 32.6 Å². The molecule has 17 heavy (non-hydrogen) atoms. The monoisotopic (exact) mass is 257 g/mol. The quantitative estimate of drug-likeness (QED) is 0.894. The SMILES string of the molecule is CC1CCC(N(C)S(=O)(=O)c2cn[nH]c2)CC1. The number of nitrogens with one attached hydrogen (secondary N) is 1. The highest BCUT2D eigenvalue weighted by Gasteiger charge is 2.30. The molecule has 0 amide bonds. The van der Waals surface area contributed by atoms with Crippen molar-refractivity contribution in [2.24, 2.45) is 5.92 Å². The van der Waals surface area contributed by atoms with Crippen LogP contribution in [0.25, 0.3) is 0 Å². The Kier molecular flexibility index (Phi) is 3.53. The maximum atomic E-state index is 12.2. The molecule has 1 aromatic heterocycles. The lowest BCUT2D eigenvalue weighted by Gasteiger charge is -2.32. The van der Waals surface area contributed by atoms with E-state index in [1.807, 2.05) is 0 Å². The van der Waals surface area contributed by atoms with Crippen molar-refractivity contribution in [3.05, 3.63) is 12.4 Å². The van der Waals surface area contributed by atoms with E-state index in [0.717, 1.165) is 31.6 Å². The summed E-state index contributed by atoms with van der Waals surface area (Å²) in [5, 5.41) is 6.24. The lowest BCUT2D eigenvalue weighted by Crippen LogP contribution is -2.39. The van der Waals surface area contributed by atoms with Gasteiger partial charge in [-0.05, 0) is 31.6 Å². The van der Waals surface area contributed by atoms with Gasteiger partial charge >= 0.3 is 0 Å². The number of nitrogens with zero attached hydrogens (tertiary/aromatic N) is 2. The summed E-state index contributed by atoms with van der Waals surface area (Å²) in [6.45, 7) is 2.22. The summed E-state index contributed by atoms with van der Waals surface area (Å²) in [6.07, 6.45) is 6.91. The minimum absolute atomic E-state index is 0.131. The number of rotatable bonds is 3. The van der Waals surface area contributed by atoms with Crippen molar-refractivity contribution < 1.29 is 8.42 Å². The van der Waals surface area contributed by atoms with Crippen LogP contribution in [0.5, 0.6) is 0 Å². The second-order valence-electron chi connectivity index (χ2n) is 4.87. The van der Waals surface area contributed by atoms with E-state index < -0.39 is 10.0 Å². The second kappa shape index (κ2) is 4.78. The molecule has 1 fully saturated rings. The van der Waals surface area contributed by atoms with Gasteiger partial charge in [-0.15, -0.1) is 0 Å². The highest BCUT2D eigenvalue weighted by molar-refractivity contribution is 7.89. The van der Waals surface area contributed by atoms with Crippen molar-refractivity contribution in [2.75, 3.05) is 7.05 Å². The number of sulfonamides is 1. The molecule has 96 valence electrons. The summed E-state index contributed by atoms with van der Waals surface area (Å²) in [5.41, 5.74) is 0. The van der Waals surface area contributed by atoms with Gasteiger partial charge in [-0.1, -0.05) is 6.92 Å². The molecule has 2 rings (SSSR count). The fraction of sp³-hybridized carbons (Fsp3) is 0.727. The fourth-order valence-corrected chi connectivity index (χ4v) is 3.67. The van der Waals surface area contributed by atoms with Gasteiger partial charge in [-0.25, -0.2) is 8.42 Å². The zero-order chi connectivity index (χ0) is 12.5. The first-order chi connectivity index (χ1) is 8.01. The minimum atomic E-state index is -3.37. The molecule has 0 atom stereocenters. The fourth-order valence-electron chi connectivity index (χ4n) is 2.35. The molecule has 5 nitrogen and oxygen atoms in total. The Hall–Kier alpha value is -0.880. The van der Waals surface area contributed by atoms with Crippen LogP contribution in [0.3, 0.4) is 0 Å². The van der Waals surface area contributed by atoms with Crippen LogP contribution in [-0.2, 0) is 10.0 Å². The number of hydrogen-bond acceptors (Lipinski definition) is 3. The lowest BCUT2D eigenvalue weighted by molar-refractivity contribution is 0.246. The first kappa shape index (κ1) is 12.6. The largest absolute Gasteiger partial charge is 0.284 e. The molecule has 0 bridgehead atoms. The van der Waals surface area contributed by atoms with Crippen LogP contribution in [-0.4, -0.2) is 36.0 Å². The average molecular weight is 257 g/mol. The standard InChI is InChI=1S/C11H19N3O2S/c1-9-3-5-10(6-4-9)14(2)17(15,16)11-7-12-13-8-11/h7-10H,3-6H2,1-2H3,(H,12,13). The third-order valence-electron chi connectivity index (χ3n) is 3.65. The molecule has 1 aromatic rings. The summed E-state index contributed by atoms with van der Waals surface area (Å²) >= 11 is 0. The summed E-state index contributed by atoms with van der Waals surface area (Å²) < 4.78 is 26.0. The number of hydrogen-bond donors (Lipinski definition) is 1. The minimum Gasteiger partial charge on any atom is -0.284 e. The van der Waals surface area contributed by atoms with E-state index >= 15 is 0 Å². The summed E-state index contributed by atoms with van der Waals surface area (Å²) in [7, 11) is -1.70. The van der Waals surface area contributed by atoms with Gasteiger partial charge < -0.3 is 0 Å². The van der Waals surface area contributed by atoms with Crippen LogP contribution < -0.4 is 0 Å². The number of H-pyrrole nitrogens is 1. The van der Waals surface area contributed by atoms with Gasteiger partial charge in [0.25, 0.3) is 0 Å². The van der Waals surface area contributed by atoms with Crippen LogP contribution in [0.15, 0.2) is 17.3 Å². The molecule has 1 aliphatic rings. The average Bonchev–Trinajstić information content (AvgIpc) is 2.83. The van der Waals surface area contributed by atoms with Gasteiger partial charge in [-0.3, -0.25) is 5.10 Å². The smallest absolute Gasteiger partial charge is 0.246 e. The van der Waals surface area contributed by atoms with Gasteiger partial charge in [-0.2, -0.15) is 9.40 Å². The van der Waals surface area contributed by atoms with Crippen LogP contribution in [0.4, 0.5) is 0 Å². The highest BCUT2D eigenvalue weighted by Crippen LogP contribution is 2.29. The van der Waals surface area contributed by atoms with Crippen molar-refractivity contribution in [3.8, 4) is 0 Å². The molecular weight excluding hydrogens is 238 g/mol. The van der Waals surface area contributed by atoms with Crippen LogP contribution >= 0.6 is 0 Å². The Labute approximate surface area is 102 Å². The van der Waals surface area contributed by atoms with Crippen molar-refractivity contribution in [2.45, 2.75) is 43.5 Å². The Morgan fingerprint density at radius 2 is 2.00 bits per heavy atom. The van der Waals surface area contributed by atoms with Gasteiger partial charge in [0, 0.05) is 19.3 Å². The Balaban J connectivity index is 2.12. The summed E-state index contributed by atoms with van der Waals surface area (Å²) in [4.78, 5) is 0.249. The molecule has 0 saturated heterocycles. The third kappa shape index (κ3) is 2.52. The molecule has 0 aromatic carbocycles. The normalized spacial score (nSPS) is 26.3. The zero-order valence-corrected chi connectivity index (χ0v) is 11.1. The summed E-state index contributed by atoms with van der Waals surface area (Å²) in [6, 6.07) is 0.131. The first-order valence-electron chi connectivity index (χ1n) is 5.98. The molecule has 0 aliphatic heterocycles. The maximum absolute atomic E-state index is 12.2. The third-order valence-corrected chi connectivity index (χ3v) is 5.53. The highest BCUT2D eigenvalue weighted by atomic mass is 32.2. The van der Waals surface area contributed by atoms with Crippen molar-refractivity contribution >= 4 is 10.0 Å². The number of aromatic amines is 1. The predicted molar refractivity (Wildman–Crippen MR) is 65.0 cm³/mol. The molecule has 1 saturated carbocycles. The zero-order valence-electron chi connectivity index (χ0n) is 10.3. The molecule has 1 heterocycles. The molecule has 0 radical (unpaired) electrons. The Bertz CT molecular complexity index is 447. The van der Waals surface area contributed by atoms with E-state index in [2.05, 4.69) is 17.1 Å². The van der Waals surface area contributed by atoms with E-state index in [4.69, 9.17) is 0 Å². The van der Waals surface area contributed by atoms with Gasteiger partial charge in [0.1, 0.15) is 4.90 Å². The molecule has 1 N–H and O–H groups in total. The van der Waals surface area contributed by atoms with Crippen molar-refractivity contribution in [1.29, 1.82) is 0 Å². The second-order valence-corrected chi connectivity index (χ2v) is 6.87.